The Labute approximate surface area is 129 Å². The SMILES string of the molecule is COc1cccc(CCC(=O)NCc2ccc(Cl)cc2)c1. The minimum atomic E-state index is 0.0350. The van der Waals surface area contributed by atoms with Crippen molar-refractivity contribution in [3.05, 3.63) is 64.7 Å². The van der Waals surface area contributed by atoms with E-state index >= 15 is 0 Å². The Morgan fingerprint density at radius 3 is 2.62 bits per heavy atom. The number of methoxy groups -OCH3 is 1. The van der Waals surface area contributed by atoms with Crippen molar-refractivity contribution in [1.82, 2.24) is 5.32 Å². The number of carbonyl (C=O) groups is 1. The zero-order valence-corrected chi connectivity index (χ0v) is 12.7. The van der Waals surface area contributed by atoms with Crippen molar-refractivity contribution < 1.29 is 9.53 Å². The van der Waals surface area contributed by atoms with Gasteiger partial charge >= 0.3 is 0 Å². The molecule has 0 unspecified atom stereocenters. The molecule has 1 amide bonds. The molecule has 0 radical (unpaired) electrons. The number of nitrogens with one attached hydrogen (secondary N) is 1. The van der Waals surface area contributed by atoms with Crippen LogP contribution in [0, 0.1) is 0 Å². The van der Waals surface area contributed by atoms with Gasteiger partial charge in [0, 0.05) is 18.0 Å². The third-order valence-electron chi connectivity index (χ3n) is 3.18. The second-order valence-electron chi connectivity index (χ2n) is 4.75. The van der Waals surface area contributed by atoms with Gasteiger partial charge in [-0.1, -0.05) is 35.9 Å². The van der Waals surface area contributed by atoms with Crippen LogP contribution in [-0.4, -0.2) is 13.0 Å². The van der Waals surface area contributed by atoms with Gasteiger partial charge in [-0.3, -0.25) is 4.79 Å². The number of amides is 1. The Bertz CT molecular complexity index is 596. The highest BCUT2D eigenvalue weighted by Crippen LogP contribution is 2.14. The summed E-state index contributed by atoms with van der Waals surface area (Å²) in [6.07, 6.45) is 1.16. The molecule has 0 saturated heterocycles. The largest absolute Gasteiger partial charge is 0.497 e. The number of hydrogen-bond acceptors (Lipinski definition) is 2. The monoisotopic (exact) mass is 303 g/mol. The highest BCUT2D eigenvalue weighted by atomic mass is 35.5. The molecule has 3 nitrogen and oxygen atoms in total. The highest BCUT2D eigenvalue weighted by Gasteiger charge is 2.03. The van der Waals surface area contributed by atoms with Crippen LogP contribution in [0.15, 0.2) is 48.5 Å². The van der Waals surface area contributed by atoms with Crippen molar-refractivity contribution in [1.29, 1.82) is 0 Å². The summed E-state index contributed by atoms with van der Waals surface area (Å²) >= 11 is 5.82. The molecule has 0 heterocycles. The minimum Gasteiger partial charge on any atom is -0.497 e. The Morgan fingerprint density at radius 1 is 1.14 bits per heavy atom. The maximum absolute atomic E-state index is 11.8. The molecule has 0 aliphatic carbocycles. The lowest BCUT2D eigenvalue weighted by molar-refractivity contribution is -0.121. The van der Waals surface area contributed by atoms with Crippen LogP contribution in [0.4, 0.5) is 0 Å². The third-order valence-corrected chi connectivity index (χ3v) is 3.43. The molecule has 1 N–H and O–H groups in total. The second kappa shape index (κ2) is 7.70. The van der Waals surface area contributed by atoms with E-state index in [-0.39, 0.29) is 5.91 Å². The number of aryl methyl sites for hydroxylation is 1. The zero-order chi connectivity index (χ0) is 15.1. The van der Waals surface area contributed by atoms with Gasteiger partial charge in [-0.2, -0.15) is 0 Å². The summed E-state index contributed by atoms with van der Waals surface area (Å²) < 4.78 is 5.17. The minimum absolute atomic E-state index is 0.0350. The zero-order valence-electron chi connectivity index (χ0n) is 11.9. The van der Waals surface area contributed by atoms with Crippen molar-refractivity contribution in [2.24, 2.45) is 0 Å². The number of benzene rings is 2. The molecule has 0 aliphatic rings. The van der Waals surface area contributed by atoms with Gasteiger partial charge in [0.15, 0.2) is 0 Å². The first kappa shape index (κ1) is 15.4. The second-order valence-corrected chi connectivity index (χ2v) is 5.19. The Morgan fingerprint density at radius 2 is 1.90 bits per heavy atom. The van der Waals surface area contributed by atoms with Gasteiger partial charge in [-0.25, -0.2) is 0 Å². The molecule has 0 aliphatic heterocycles. The van der Waals surface area contributed by atoms with Gasteiger partial charge in [0.05, 0.1) is 7.11 Å². The lowest BCUT2D eigenvalue weighted by Gasteiger charge is -2.07. The average molecular weight is 304 g/mol. The molecule has 2 rings (SSSR count). The lowest BCUT2D eigenvalue weighted by atomic mass is 10.1. The van der Waals surface area contributed by atoms with Crippen LogP contribution in [0.1, 0.15) is 17.5 Å². The molecule has 0 atom stereocenters. The summed E-state index contributed by atoms with van der Waals surface area (Å²) in [5.74, 6) is 0.849. The third kappa shape index (κ3) is 5.12. The van der Waals surface area contributed by atoms with Crippen LogP contribution in [0.3, 0.4) is 0 Å². The van der Waals surface area contributed by atoms with E-state index in [1.54, 1.807) is 7.11 Å². The number of rotatable bonds is 6. The number of ether oxygens (including phenoxy) is 1. The van der Waals surface area contributed by atoms with Crippen molar-refractivity contribution in [2.45, 2.75) is 19.4 Å². The Kier molecular flexibility index (Phi) is 5.64. The molecule has 21 heavy (non-hydrogen) atoms. The molecular formula is C17H18ClNO2. The molecule has 2 aromatic rings. The van der Waals surface area contributed by atoms with Gasteiger partial charge in [-0.15, -0.1) is 0 Å². The van der Waals surface area contributed by atoms with E-state index in [2.05, 4.69) is 5.32 Å². The van der Waals surface area contributed by atoms with E-state index in [4.69, 9.17) is 16.3 Å². The molecular weight excluding hydrogens is 286 g/mol. The number of halogens is 1. The summed E-state index contributed by atoms with van der Waals surface area (Å²) in [7, 11) is 1.64. The standard InChI is InChI=1S/C17H18ClNO2/c1-21-16-4-2-3-13(11-16)7-10-17(20)19-12-14-5-8-15(18)9-6-14/h2-6,8-9,11H,7,10,12H2,1H3,(H,19,20). The molecule has 4 heteroatoms. The van der Waals surface area contributed by atoms with Gasteiger partial charge in [0.2, 0.25) is 5.91 Å². The fourth-order valence-electron chi connectivity index (χ4n) is 1.98. The van der Waals surface area contributed by atoms with Gasteiger partial charge < -0.3 is 10.1 Å². The van der Waals surface area contributed by atoms with Crippen LogP contribution in [-0.2, 0) is 17.8 Å². The van der Waals surface area contributed by atoms with Gasteiger partial charge in [-0.05, 0) is 41.8 Å². The summed E-state index contributed by atoms with van der Waals surface area (Å²) in [5, 5.41) is 3.60. The molecule has 0 spiro atoms. The van der Waals surface area contributed by atoms with E-state index in [0.29, 0.717) is 24.4 Å². The molecule has 110 valence electrons. The van der Waals surface area contributed by atoms with E-state index in [1.165, 1.54) is 0 Å². The van der Waals surface area contributed by atoms with E-state index < -0.39 is 0 Å². The Hall–Kier alpha value is -2.00. The van der Waals surface area contributed by atoms with Crippen molar-refractivity contribution in [3.63, 3.8) is 0 Å². The first-order valence-corrected chi connectivity index (χ1v) is 7.19. The summed E-state index contributed by atoms with van der Waals surface area (Å²) in [6.45, 7) is 0.522. The molecule has 2 aromatic carbocycles. The normalized spacial score (nSPS) is 10.2. The fourth-order valence-corrected chi connectivity index (χ4v) is 2.10. The summed E-state index contributed by atoms with van der Waals surface area (Å²) in [6, 6.07) is 15.2. The smallest absolute Gasteiger partial charge is 0.220 e. The predicted molar refractivity (Wildman–Crippen MR) is 84.6 cm³/mol. The van der Waals surface area contributed by atoms with Gasteiger partial charge in [0.25, 0.3) is 0 Å². The van der Waals surface area contributed by atoms with Crippen molar-refractivity contribution in [3.8, 4) is 5.75 Å². The first-order chi connectivity index (χ1) is 10.2. The van der Waals surface area contributed by atoms with E-state index in [1.807, 2.05) is 48.5 Å². The van der Waals surface area contributed by atoms with E-state index in [9.17, 15) is 4.79 Å². The molecule has 0 bridgehead atoms. The maximum atomic E-state index is 11.8. The number of hydrogen-bond donors (Lipinski definition) is 1. The topological polar surface area (TPSA) is 38.3 Å². The molecule has 0 aromatic heterocycles. The summed E-state index contributed by atoms with van der Waals surface area (Å²) in [4.78, 5) is 11.8. The molecule has 0 saturated carbocycles. The Balaban J connectivity index is 1.78. The van der Waals surface area contributed by atoms with E-state index in [0.717, 1.165) is 16.9 Å². The predicted octanol–water partition coefficient (Wildman–Crippen LogP) is 3.60. The fraction of sp³-hybridized carbons (Fsp3) is 0.235. The van der Waals surface area contributed by atoms with Crippen LogP contribution in [0.5, 0.6) is 5.75 Å². The molecule has 0 fully saturated rings. The highest BCUT2D eigenvalue weighted by molar-refractivity contribution is 6.30. The number of carbonyl (C=O) groups excluding carboxylic acids is 1. The quantitative estimate of drug-likeness (QED) is 0.885. The van der Waals surface area contributed by atoms with Gasteiger partial charge in [0.1, 0.15) is 5.75 Å². The maximum Gasteiger partial charge on any atom is 0.220 e. The first-order valence-electron chi connectivity index (χ1n) is 6.81. The average Bonchev–Trinajstić information content (AvgIpc) is 2.52. The van der Waals surface area contributed by atoms with Crippen LogP contribution >= 0.6 is 11.6 Å². The van der Waals surface area contributed by atoms with Crippen LogP contribution in [0.25, 0.3) is 0 Å². The van der Waals surface area contributed by atoms with Crippen molar-refractivity contribution >= 4 is 17.5 Å². The van der Waals surface area contributed by atoms with Crippen molar-refractivity contribution in [2.75, 3.05) is 7.11 Å². The lowest BCUT2D eigenvalue weighted by Crippen LogP contribution is -2.22. The van der Waals surface area contributed by atoms with Crippen LogP contribution in [0.2, 0.25) is 5.02 Å². The van der Waals surface area contributed by atoms with Crippen LogP contribution < -0.4 is 10.1 Å². The summed E-state index contributed by atoms with van der Waals surface area (Å²) in [5.41, 5.74) is 2.13.